The minimum atomic E-state index is 0.658. The zero-order valence-electron chi connectivity index (χ0n) is 15.8. The highest BCUT2D eigenvalue weighted by Crippen LogP contribution is 2.37. The van der Waals surface area contributed by atoms with Crippen LogP contribution in [0.4, 0.5) is 17.1 Å². The molecule has 0 spiro atoms. The molecule has 0 unspecified atom stereocenters. The lowest BCUT2D eigenvalue weighted by Gasteiger charge is -2.26. The fourth-order valence-electron chi connectivity index (χ4n) is 3.76. The molecule has 29 heavy (non-hydrogen) atoms. The van der Waals surface area contributed by atoms with Gasteiger partial charge in [0.25, 0.3) is 0 Å². The largest absolute Gasteiger partial charge is 0.310 e. The van der Waals surface area contributed by atoms with Gasteiger partial charge in [-0.25, -0.2) is 0 Å². The van der Waals surface area contributed by atoms with E-state index in [-0.39, 0.29) is 0 Å². The lowest BCUT2D eigenvalue weighted by molar-refractivity contribution is 1.29. The number of hydrogen-bond acceptors (Lipinski definition) is 2. The normalized spacial score (nSPS) is 10.7. The molecule has 0 fully saturated rings. The van der Waals surface area contributed by atoms with Crippen LogP contribution in [0.25, 0.3) is 21.5 Å². The Morgan fingerprint density at radius 2 is 0.931 bits per heavy atom. The summed E-state index contributed by atoms with van der Waals surface area (Å²) in [7, 11) is 0. The molecule has 2 nitrogen and oxygen atoms in total. The predicted octanol–water partition coefficient (Wildman–Crippen LogP) is 7.33. The first-order chi connectivity index (χ1) is 14.3. The molecule has 0 aliphatic carbocycles. The molecule has 5 rings (SSSR count). The predicted molar refractivity (Wildman–Crippen MR) is 121 cm³/mol. The standard InChI is InChI=1S/C27H18N2/c28-19-20-9-13-25(14-10-20)29(26-15-11-21-5-1-3-7-23(21)17-26)27-16-12-22-6-2-4-8-24(22)18-27/h1-18H. The number of hydrogen-bond donors (Lipinski definition) is 0. The van der Waals surface area contributed by atoms with E-state index in [1.54, 1.807) is 0 Å². The Morgan fingerprint density at radius 1 is 0.483 bits per heavy atom. The molecule has 0 N–H and O–H groups in total. The maximum absolute atomic E-state index is 9.17. The van der Waals surface area contributed by atoms with Gasteiger partial charge in [-0.15, -0.1) is 0 Å². The molecule has 136 valence electrons. The van der Waals surface area contributed by atoms with E-state index < -0.39 is 0 Å². The monoisotopic (exact) mass is 370 g/mol. The molecule has 0 aromatic heterocycles. The molecule has 2 heteroatoms. The summed E-state index contributed by atoms with van der Waals surface area (Å²) in [6.07, 6.45) is 0. The number of rotatable bonds is 3. The van der Waals surface area contributed by atoms with Crippen molar-refractivity contribution in [2.24, 2.45) is 0 Å². The molecule has 5 aromatic carbocycles. The Bertz CT molecular complexity index is 1280. The van der Waals surface area contributed by atoms with Crippen molar-refractivity contribution in [3.63, 3.8) is 0 Å². The zero-order chi connectivity index (χ0) is 19.6. The summed E-state index contributed by atoms with van der Waals surface area (Å²) in [4.78, 5) is 2.24. The van der Waals surface area contributed by atoms with E-state index >= 15 is 0 Å². The Hall–Kier alpha value is -4.09. The van der Waals surface area contributed by atoms with Crippen molar-refractivity contribution in [3.05, 3.63) is 115 Å². The van der Waals surface area contributed by atoms with Crippen LogP contribution in [0.2, 0.25) is 0 Å². The average Bonchev–Trinajstić information content (AvgIpc) is 2.79. The third-order valence-corrected chi connectivity index (χ3v) is 5.24. The second kappa shape index (κ2) is 7.14. The summed E-state index contributed by atoms with van der Waals surface area (Å²) in [5, 5.41) is 14.0. The molecule has 0 amide bonds. The van der Waals surface area contributed by atoms with Gasteiger partial charge in [0.1, 0.15) is 0 Å². The Labute approximate surface area is 169 Å². The summed E-state index contributed by atoms with van der Waals surface area (Å²) >= 11 is 0. The molecular formula is C27H18N2. The third-order valence-electron chi connectivity index (χ3n) is 5.24. The van der Waals surface area contributed by atoms with Gasteiger partial charge in [-0.3, -0.25) is 0 Å². The molecule has 0 aliphatic heterocycles. The van der Waals surface area contributed by atoms with Crippen molar-refractivity contribution in [1.82, 2.24) is 0 Å². The topological polar surface area (TPSA) is 27.0 Å². The first-order valence-corrected chi connectivity index (χ1v) is 9.60. The molecule has 0 saturated carbocycles. The van der Waals surface area contributed by atoms with E-state index in [0.29, 0.717) is 5.56 Å². The van der Waals surface area contributed by atoms with Crippen LogP contribution >= 0.6 is 0 Å². The van der Waals surface area contributed by atoms with Crippen LogP contribution in [0.15, 0.2) is 109 Å². The number of nitrogens with zero attached hydrogens (tertiary/aromatic N) is 2. The third kappa shape index (κ3) is 3.20. The Morgan fingerprint density at radius 3 is 1.41 bits per heavy atom. The van der Waals surface area contributed by atoms with E-state index in [9.17, 15) is 5.26 Å². The van der Waals surface area contributed by atoms with Gasteiger partial charge in [-0.1, -0.05) is 60.7 Å². The summed E-state index contributed by atoms with van der Waals surface area (Å²) < 4.78 is 0. The maximum Gasteiger partial charge on any atom is 0.0991 e. The first-order valence-electron chi connectivity index (χ1n) is 9.60. The van der Waals surface area contributed by atoms with Gasteiger partial charge in [-0.2, -0.15) is 5.26 Å². The maximum atomic E-state index is 9.17. The van der Waals surface area contributed by atoms with Gasteiger partial charge in [0.15, 0.2) is 0 Å². The summed E-state index contributed by atoms with van der Waals surface area (Å²) in [5.41, 5.74) is 3.85. The van der Waals surface area contributed by atoms with Gasteiger partial charge in [0.05, 0.1) is 11.6 Å². The highest BCUT2D eigenvalue weighted by molar-refractivity contribution is 5.92. The van der Waals surface area contributed by atoms with E-state index in [0.717, 1.165) is 17.1 Å². The summed E-state index contributed by atoms with van der Waals surface area (Å²) in [5.74, 6) is 0. The summed E-state index contributed by atoms with van der Waals surface area (Å²) in [6, 6.07) is 39.7. The minimum Gasteiger partial charge on any atom is -0.310 e. The highest BCUT2D eigenvalue weighted by atomic mass is 15.1. The molecule has 5 aromatic rings. The SMILES string of the molecule is N#Cc1ccc(N(c2ccc3ccccc3c2)c2ccc3ccccc3c2)cc1. The smallest absolute Gasteiger partial charge is 0.0991 e. The van der Waals surface area contributed by atoms with Crippen LogP contribution in [0.3, 0.4) is 0 Å². The fraction of sp³-hybridized carbons (Fsp3) is 0. The van der Waals surface area contributed by atoms with Crippen molar-refractivity contribution >= 4 is 38.6 Å². The van der Waals surface area contributed by atoms with Crippen molar-refractivity contribution in [2.45, 2.75) is 0 Å². The van der Waals surface area contributed by atoms with Crippen LogP contribution < -0.4 is 4.90 Å². The second-order valence-electron chi connectivity index (χ2n) is 7.06. The highest BCUT2D eigenvalue weighted by Gasteiger charge is 2.13. The fourth-order valence-corrected chi connectivity index (χ4v) is 3.76. The number of anilines is 3. The minimum absolute atomic E-state index is 0.658. The summed E-state index contributed by atoms with van der Waals surface area (Å²) in [6.45, 7) is 0. The number of fused-ring (bicyclic) bond motifs is 2. The van der Waals surface area contributed by atoms with Crippen LogP contribution in [0, 0.1) is 11.3 Å². The van der Waals surface area contributed by atoms with Crippen LogP contribution in [-0.4, -0.2) is 0 Å². The van der Waals surface area contributed by atoms with E-state index in [4.69, 9.17) is 0 Å². The van der Waals surface area contributed by atoms with Crippen LogP contribution in [0.1, 0.15) is 5.56 Å². The number of benzene rings is 5. The Balaban J connectivity index is 1.71. The van der Waals surface area contributed by atoms with E-state index in [1.165, 1.54) is 21.5 Å². The van der Waals surface area contributed by atoms with E-state index in [2.05, 4.69) is 95.9 Å². The molecule has 0 heterocycles. The second-order valence-corrected chi connectivity index (χ2v) is 7.06. The van der Waals surface area contributed by atoms with Crippen LogP contribution in [-0.2, 0) is 0 Å². The van der Waals surface area contributed by atoms with Crippen molar-refractivity contribution in [2.75, 3.05) is 4.90 Å². The molecule has 0 radical (unpaired) electrons. The molecule has 0 saturated heterocycles. The molecule has 0 aliphatic rings. The van der Waals surface area contributed by atoms with Gasteiger partial charge in [0, 0.05) is 17.1 Å². The Kier molecular flexibility index (Phi) is 4.20. The molecular weight excluding hydrogens is 352 g/mol. The quantitative estimate of drug-likeness (QED) is 0.332. The van der Waals surface area contributed by atoms with Crippen molar-refractivity contribution < 1.29 is 0 Å². The molecule has 0 bridgehead atoms. The molecule has 0 atom stereocenters. The van der Waals surface area contributed by atoms with Crippen molar-refractivity contribution in [3.8, 4) is 6.07 Å². The van der Waals surface area contributed by atoms with Crippen LogP contribution in [0.5, 0.6) is 0 Å². The van der Waals surface area contributed by atoms with Crippen molar-refractivity contribution in [1.29, 1.82) is 5.26 Å². The lowest BCUT2D eigenvalue weighted by atomic mass is 10.1. The average molecular weight is 370 g/mol. The van der Waals surface area contributed by atoms with Gasteiger partial charge in [-0.05, 0) is 70.1 Å². The lowest BCUT2D eigenvalue weighted by Crippen LogP contribution is -2.09. The zero-order valence-corrected chi connectivity index (χ0v) is 15.8. The van der Waals surface area contributed by atoms with Gasteiger partial charge < -0.3 is 4.90 Å². The van der Waals surface area contributed by atoms with E-state index in [1.807, 2.05) is 24.3 Å². The first kappa shape index (κ1) is 17.0. The van der Waals surface area contributed by atoms with Gasteiger partial charge in [0.2, 0.25) is 0 Å². The van der Waals surface area contributed by atoms with Gasteiger partial charge >= 0.3 is 0 Å². The number of nitriles is 1.